The predicted molar refractivity (Wildman–Crippen MR) is 88.0 cm³/mol. The zero-order valence-electron chi connectivity index (χ0n) is 13.6. The lowest BCUT2D eigenvalue weighted by Gasteiger charge is -2.19. The van der Waals surface area contributed by atoms with E-state index in [1.165, 1.54) is 18.4 Å². The number of anilines is 1. The van der Waals surface area contributed by atoms with Gasteiger partial charge in [0.05, 0.1) is 12.5 Å². The molecule has 2 aromatic heterocycles. The molecule has 0 radical (unpaired) electrons. The van der Waals surface area contributed by atoms with Gasteiger partial charge in [-0.05, 0) is 25.8 Å². The Balaban J connectivity index is 2.49. The number of esters is 1. The van der Waals surface area contributed by atoms with Crippen LogP contribution in [0.5, 0.6) is 0 Å². The number of carbonyl (C=O) groups is 1. The van der Waals surface area contributed by atoms with Crippen molar-refractivity contribution in [2.45, 2.75) is 20.3 Å². The number of hydrogen-bond donors (Lipinski definition) is 0. The fourth-order valence-electron chi connectivity index (χ4n) is 2.34. The number of fused-ring (bicyclic) bond motifs is 1. The van der Waals surface area contributed by atoms with Crippen LogP contribution in [-0.2, 0) is 9.47 Å². The molecule has 0 aliphatic heterocycles. The monoisotopic (exact) mass is 323 g/mol. The fraction of sp³-hybridized carbons (Fsp3) is 0.533. The molecule has 7 heteroatoms. The van der Waals surface area contributed by atoms with Crippen molar-refractivity contribution < 1.29 is 14.3 Å². The molecule has 2 heterocycles. The molecular formula is C15H21N3O3S. The predicted octanol–water partition coefficient (Wildman–Crippen LogP) is 2.57. The molecule has 0 unspecified atom stereocenters. The van der Waals surface area contributed by atoms with Crippen molar-refractivity contribution in [1.29, 1.82) is 0 Å². The molecule has 0 saturated carbocycles. The third-order valence-electron chi connectivity index (χ3n) is 3.46. The third-order valence-corrected chi connectivity index (χ3v) is 4.62. The van der Waals surface area contributed by atoms with Crippen molar-refractivity contribution in [2.24, 2.45) is 0 Å². The number of methoxy groups -OCH3 is 2. The fourth-order valence-corrected chi connectivity index (χ4v) is 3.48. The first kappa shape index (κ1) is 16.6. The number of aryl methyl sites for hydroxylation is 2. The summed E-state index contributed by atoms with van der Waals surface area (Å²) in [5, 5.41) is 0.927. The van der Waals surface area contributed by atoms with Crippen LogP contribution in [0.1, 0.15) is 27.5 Å². The van der Waals surface area contributed by atoms with Gasteiger partial charge in [-0.25, -0.2) is 14.8 Å². The summed E-state index contributed by atoms with van der Waals surface area (Å²) in [5.41, 5.74) is 0.875. The molecular weight excluding hydrogens is 302 g/mol. The van der Waals surface area contributed by atoms with E-state index in [0.29, 0.717) is 17.3 Å². The Morgan fingerprint density at radius 2 is 2.00 bits per heavy atom. The minimum absolute atomic E-state index is 0.328. The van der Waals surface area contributed by atoms with Crippen molar-refractivity contribution in [2.75, 3.05) is 39.3 Å². The van der Waals surface area contributed by atoms with Gasteiger partial charge in [0.15, 0.2) is 0 Å². The van der Waals surface area contributed by atoms with Crippen molar-refractivity contribution in [1.82, 2.24) is 9.97 Å². The van der Waals surface area contributed by atoms with E-state index in [2.05, 4.69) is 14.9 Å². The van der Waals surface area contributed by atoms with Gasteiger partial charge >= 0.3 is 5.97 Å². The highest BCUT2D eigenvalue weighted by Gasteiger charge is 2.21. The highest BCUT2D eigenvalue weighted by Crippen LogP contribution is 2.35. The van der Waals surface area contributed by atoms with Gasteiger partial charge in [0.1, 0.15) is 21.3 Å². The summed E-state index contributed by atoms with van der Waals surface area (Å²) in [6.07, 6.45) is 0.907. The first-order valence-electron chi connectivity index (χ1n) is 7.05. The quantitative estimate of drug-likeness (QED) is 0.601. The van der Waals surface area contributed by atoms with E-state index in [4.69, 9.17) is 9.47 Å². The molecule has 0 bridgehead atoms. The van der Waals surface area contributed by atoms with Crippen molar-refractivity contribution in [3.63, 3.8) is 0 Å². The molecule has 0 spiro atoms. The van der Waals surface area contributed by atoms with Gasteiger partial charge in [0, 0.05) is 27.3 Å². The van der Waals surface area contributed by atoms with Gasteiger partial charge in [-0.15, -0.1) is 11.3 Å². The Morgan fingerprint density at radius 1 is 1.27 bits per heavy atom. The minimum atomic E-state index is -0.328. The maximum atomic E-state index is 11.9. The molecule has 0 saturated heterocycles. The zero-order valence-corrected chi connectivity index (χ0v) is 14.4. The molecule has 0 atom stereocenters. The first-order chi connectivity index (χ1) is 10.5. The normalized spacial score (nSPS) is 11.0. The summed E-state index contributed by atoms with van der Waals surface area (Å²) in [7, 11) is 5.07. The van der Waals surface area contributed by atoms with E-state index in [9.17, 15) is 4.79 Å². The summed E-state index contributed by atoms with van der Waals surface area (Å²) in [5.74, 6) is 1.22. The average molecular weight is 323 g/mol. The molecule has 0 fully saturated rings. The summed E-state index contributed by atoms with van der Waals surface area (Å²) in [6.45, 7) is 5.30. The van der Waals surface area contributed by atoms with Crippen LogP contribution in [0.3, 0.4) is 0 Å². The van der Waals surface area contributed by atoms with Gasteiger partial charge < -0.3 is 14.4 Å². The van der Waals surface area contributed by atoms with Crippen LogP contribution in [0.15, 0.2) is 0 Å². The molecule has 0 aliphatic carbocycles. The average Bonchev–Trinajstić information content (AvgIpc) is 2.82. The van der Waals surface area contributed by atoms with Crippen LogP contribution in [0, 0.1) is 13.8 Å². The standard InChI is InChI=1S/C15H21N3O3S/c1-9-11-13(18(3)7-6-8-20-4)16-10(2)17-14(11)22-12(9)15(19)21-5/h6-8H2,1-5H3. The SMILES string of the molecule is COCCCN(C)c1nc(C)nc2sc(C(=O)OC)c(C)c12. The number of thiophene rings is 1. The highest BCUT2D eigenvalue weighted by molar-refractivity contribution is 7.20. The van der Waals surface area contributed by atoms with E-state index in [-0.39, 0.29) is 5.97 Å². The van der Waals surface area contributed by atoms with Gasteiger partial charge in [-0.2, -0.15) is 0 Å². The second-order valence-electron chi connectivity index (χ2n) is 5.09. The lowest BCUT2D eigenvalue weighted by molar-refractivity contribution is 0.0605. The second-order valence-corrected chi connectivity index (χ2v) is 6.09. The molecule has 0 aromatic carbocycles. The van der Waals surface area contributed by atoms with Crippen LogP contribution in [0.4, 0.5) is 5.82 Å². The van der Waals surface area contributed by atoms with Gasteiger partial charge in [0.25, 0.3) is 0 Å². The molecule has 0 aliphatic rings. The van der Waals surface area contributed by atoms with Crippen LogP contribution in [0.2, 0.25) is 0 Å². The second kappa shape index (κ2) is 7.02. The van der Waals surface area contributed by atoms with E-state index in [0.717, 1.165) is 34.6 Å². The Bertz CT molecular complexity index is 684. The molecule has 6 nitrogen and oxygen atoms in total. The molecule has 22 heavy (non-hydrogen) atoms. The van der Waals surface area contributed by atoms with Gasteiger partial charge in [0.2, 0.25) is 0 Å². The van der Waals surface area contributed by atoms with E-state index >= 15 is 0 Å². The van der Waals surface area contributed by atoms with Gasteiger partial charge in [-0.1, -0.05) is 0 Å². The lowest BCUT2D eigenvalue weighted by Crippen LogP contribution is -2.21. The first-order valence-corrected chi connectivity index (χ1v) is 7.87. The van der Waals surface area contributed by atoms with Crippen LogP contribution < -0.4 is 4.90 Å². The Labute approximate surface area is 134 Å². The Kier molecular flexibility index (Phi) is 5.31. The number of rotatable bonds is 6. The smallest absolute Gasteiger partial charge is 0.348 e. The highest BCUT2D eigenvalue weighted by atomic mass is 32.1. The summed E-state index contributed by atoms with van der Waals surface area (Å²) in [4.78, 5) is 24.4. The summed E-state index contributed by atoms with van der Waals surface area (Å²) in [6, 6.07) is 0. The van der Waals surface area contributed by atoms with Crippen LogP contribution in [0.25, 0.3) is 10.2 Å². The topological polar surface area (TPSA) is 64.5 Å². The number of nitrogens with zero attached hydrogens (tertiary/aromatic N) is 3. The van der Waals surface area contributed by atoms with Crippen molar-refractivity contribution >= 4 is 33.3 Å². The molecule has 0 amide bonds. The van der Waals surface area contributed by atoms with Crippen LogP contribution >= 0.6 is 11.3 Å². The molecule has 120 valence electrons. The lowest BCUT2D eigenvalue weighted by atomic mass is 10.2. The maximum absolute atomic E-state index is 11.9. The maximum Gasteiger partial charge on any atom is 0.348 e. The Morgan fingerprint density at radius 3 is 2.64 bits per heavy atom. The summed E-state index contributed by atoms with van der Waals surface area (Å²) >= 11 is 1.35. The van der Waals surface area contributed by atoms with Crippen molar-refractivity contribution in [3.05, 3.63) is 16.3 Å². The number of ether oxygens (including phenoxy) is 2. The minimum Gasteiger partial charge on any atom is -0.465 e. The van der Waals surface area contributed by atoms with E-state index in [1.54, 1.807) is 7.11 Å². The Hall–Kier alpha value is -1.73. The number of carbonyl (C=O) groups excluding carboxylic acids is 1. The summed E-state index contributed by atoms with van der Waals surface area (Å²) < 4.78 is 9.94. The molecule has 2 rings (SSSR count). The van der Waals surface area contributed by atoms with Crippen molar-refractivity contribution in [3.8, 4) is 0 Å². The van der Waals surface area contributed by atoms with Crippen LogP contribution in [-0.4, -0.2) is 50.4 Å². The van der Waals surface area contributed by atoms with E-state index < -0.39 is 0 Å². The molecule has 0 N–H and O–H groups in total. The largest absolute Gasteiger partial charge is 0.465 e. The molecule has 2 aromatic rings. The van der Waals surface area contributed by atoms with E-state index in [1.807, 2.05) is 20.9 Å². The zero-order chi connectivity index (χ0) is 16.3. The third kappa shape index (κ3) is 3.20. The number of hydrogen-bond acceptors (Lipinski definition) is 7. The van der Waals surface area contributed by atoms with Gasteiger partial charge in [-0.3, -0.25) is 0 Å². The number of aromatic nitrogens is 2.